The van der Waals surface area contributed by atoms with Crippen LogP contribution in [0.2, 0.25) is 0 Å². The van der Waals surface area contributed by atoms with Crippen molar-refractivity contribution < 1.29 is 9.59 Å². The quantitative estimate of drug-likeness (QED) is 0.770. The first kappa shape index (κ1) is 15.8. The summed E-state index contributed by atoms with van der Waals surface area (Å²) in [4.78, 5) is 23.2. The number of amides is 2. The van der Waals surface area contributed by atoms with Crippen molar-refractivity contribution in [3.8, 4) is 0 Å². The van der Waals surface area contributed by atoms with Crippen LogP contribution in [0.15, 0.2) is 30.3 Å². The summed E-state index contributed by atoms with van der Waals surface area (Å²) in [6.45, 7) is -0.00340. The molecule has 2 rings (SSSR count). The SMILES string of the molecule is Cl.O=C(CNC(=O)C1CSCN1)Nc1ccccc1. The second kappa shape index (κ2) is 8.04. The number of thioether (sulfide) groups is 1. The van der Waals surface area contributed by atoms with E-state index in [9.17, 15) is 9.59 Å². The summed E-state index contributed by atoms with van der Waals surface area (Å²) in [5, 5.41) is 8.38. The lowest BCUT2D eigenvalue weighted by Crippen LogP contribution is -2.44. The van der Waals surface area contributed by atoms with Gasteiger partial charge in [-0.05, 0) is 12.1 Å². The monoisotopic (exact) mass is 301 g/mol. The molecule has 3 N–H and O–H groups in total. The molecule has 1 aliphatic rings. The zero-order chi connectivity index (χ0) is 12.8. The molecule has 0 radical (unpaired) electrons. The van der Waals surface area contributed by atoms with Crippen LogP contribution in [-0.4, -0.2) is 36.0 Å². The highest BCUT2D eigenvalue weighted by atomic mass is 35.5. The molecule has 104 valence electrons. The van der Waals surface area contributed by atoms with Gasteiger partial charge in [-0.2, -0.15) is 0 Å². The van der Waals surface area contributed by atoms with Gasteiger partial charge in [-0.15, -0.1) is 24.2 Å². The Morgan fingerprint density at radius 2 is 2.05 bits per heavy atom. The molecule has 7 heteroatoms. The van der Waals surface area contributed by atoms with Gasteiger partial charge in [0.1, 0.15) is 0 Å². The third-order valence-corrected chi connectivity index (χ3v) is 3.45. The van der Waals surface area contributed by atoms with E-state index in [1.54, 1.807) is 23.9 Å². The Balaban J connectivity index is 0.00000180. The smallest absolute Gasteiger partial charge is 0.243 e. The van der Waals surface area contributed by atoms with Crippen molar-refractivity contribution in [3.63, 3.8) is 0 Å². The Hall–Kier alpha value is -1.24. The van der Waals surface area contributed by atoms with Gasteiger partial charge in [-0.3, -0.25) is 14.9 Å². The molecule has 0 spiro atoms. The molecule has 0 saturated carbocycles. The van der Waals surface area contributed by atoms with Crippen molar-refractivity contribution in [2.45, 2.75) is 6.04 Å². The highest BCUT2D eigenvalue weighted by molar-refractivity contribution is 7.99. The minimum absolute atomic E-state index is 0. The number of para-hydroxylation sites is 1. The topological polar surface area (TPSA) is 70.2 Å². The van der Waals surface area contributed by atoms with Gasteiger partial charge in [0, 0.05) is 17.3 Å². The largest absolute Gasteiger partial charge is 0.346 e. The average molecular weight is 302 g/mol. The summed E-state index contributed by atoms with van der Waals surface area (Å²) in [7, 11) is 0. The molecule has 1 heterocycles. The number of halogens is 1. The normalized spacial score (nSPS) is 17.4. The number of rotatable bonds is 4. The summed E-state index contributed by atoms with van der Waals surface area (Å²) in [5.74, 6) is 1.20. The van der Waals surface area contributed by atoms with E-state index in [4.69, 9.17) is 0 Å². The van der Waals surface area contributed by atoms with Gasteiger partial charge in [-0.1, -0.05) is 18.2 Å². The Kier molecular flexibility index (Phi) is 6.69. The van der Waals surface area contributed by atoms with Crippen LogP contribution < -0.4 is 16.0 Å². The molecule has 1 aromatic carbocycles. The molecule has 1 fully saturated rings. The van der Waals surface area contributed by atoms with Crippen molar-refractivity contribution >= 4 is 41.7 Å². The fraction of sp³-hybridized carbons (Fsp3) is 0.333. The molecule has 1 aromatic rings. The van der Waals surface area contributed by atoms with Gasteiger partial charge in [0.2, 0.25) is 11.8 Å². The second-order valence-corrected chi connectivity index (χ2v) is 4.93. The third-order valence-electron chi connectivity index (χ3n) is 2.51. The van der Waals surface area contributed by atoms with Crippen LogP contribution in [0.3, 0.4) is 0 Å². The van der Waals surface area contributed by atoms with Crippen LogP contribution >= 0.6 is 24.2 Å². The summed E-state index contributed by atoms with van der Waals surface area (Å²) >= 11 is 1.67. The molecule has 0 bridgehead atoms. The fourth-order valence-electron chi connectivity index (χ4n) is 1.58. The lowest BCUT2D eigenvalue weighted by Gasteiger charge is -2.10. The van der Waals surface area contributed by atoms with E-state index in [0.717, 1.165) is 17.3 Å². The molecule has 1 saturated heterocycles. The Morgan fingerprint density at radius 1 is 1.32 bits per heavy atom. The second-order valence-electron chi connectivity index (χ2n) is 3.90. The first-order valence-corrected chi connectivity index (χ1v) is 6.85. The summed E-state index contributed by atoms with van der Waals surface area (Å²) in [6, 6.07) is 8.98. The van der Waals surface area contributed by atoms with E-state index in [1.807, 2.05) is 18.2 Å². The standard InChI is InChI=1S/C12H15N3O2S.ClH/c16-11(15-9-4-2-1-3-5-9)6-13-12(17)10-7-18-8-14-10;/h1-5,10,14H,6-8H2,(H,13,17)(H,15,16);1H. The number of hydrogen-bond donors (Lipinski definition) is 3. The number of anilines is 1. The molecule has 1 atom stereocenters. The molecule has 2 amide bonds. The zero-order valence-electron chi connectivity index (χ0n) is 10.2. The first-order chi connectivity index (χ1) is 8.75. The van der Waals surface area contributed by atoms with E-state index < -0.39 is 0 Å². The van der Waals surface area contributed by atoms with E-state index in [1.165, 1.54) is 0 Å². The molecule has 19 heavy (non-hydrogen) atoms. The predicted molar refractivity (Wildman–Crippen MR) is 79.6 cm³/mol. The number of hydrogen-bond acceptors (Lipinski definition) is 4. The maximum atomic E-state index is 11.6. The molecular formula is C12H16ClN3O2S. The van der Waals surface area contributed by atoms with Crippen LogP contribution in [0, 0.1) is 0 Å². The maximum absolute atomic E-state index is 11.6. The Labute approximate surface area is 122 Å². The molecule has 1 unspecified atom stereocenters. The van der Waals surface area contributed by atoms with Crippen LogP contribution in [-0.2, 0) is 9.59 Å². The van der Waals surface area contributed by atoms with E-state index in [-0.39, 0.29) is 36.8 Å². The van der Waals surface area contributed by atoms with Crippen LogP contribution in [0.5, 0.6) is 0 Å². The van der Waals surface area contributed by atoms with E-state index in [2.05, 4.69) is 16.0 Å². The minimum atomic E-state index is -0.222. The predicted octanol–water partition coefficient (Wildman–Crippen LogP) is 0.826. The van der Waals surface area contributed by atoms with E-state index in [0.29, 0.717) is 0 Å². The van der Waals surface area contributed by atoms with Crippen molar-refractivity contribution in [3.05, 3.63) is 30.3 Å². The zero-order valence-corrected chi connectivity index (χ0v) is 11.9. The first-order valence-electron chi connectivity index (χ1n) is 5.69. The van der Waals surface area contributed by atoms with Gasteiger partial charge in [0.25, 0.3) is 0 Å². The summed E-state index contributed by atoms with van der Waals surface area (Å²) in [5.41, 5.74) is 0.728. The van der Waals surface area contributed by atoms with Crippen molar-refractivity contribution in [2.24, 2.45) is 0 Å². The van der Waals surface area contributed by atoms with Crippen molar-refractivity contribution in [2.75, 3.05) is 23.5 Å². The number of carbonyl (C=O) groups is 2. The highest BCUT2D eigenvalue weighted by Gasteiger charge is 2.22. The van der Waals surface area contributed by atoms with Crippen molar-refractivity contribution in [1.29, 1.82) is 0 Å². The van der Waals surface area contributed by atoms with Gasteiger partial charge < -0.3 is 10.6 Å². The number of benzene rings is 1. The van der Waals surface area contributed by atoms with E-state index >= 15 is 0 Å². The molecular weight excluding hydrogens is 286 g/mol. The number of nitrogens with one attached hydrogen (secondary N) is 3. The fourth-order valence-corrected chi connectivity index (χ4v) is 2.52. The molecule has 0 aliphatic carbocycles. The number of carbonyl (C=O) groups excluding carboxylic acids is 2. The average Bonchev–Trinajstić information content (AvgIpc) is 2.91. The Bertz CT molecular complexity index is 424. The van der Waals surface area contributed by atoms with Gasteiger partial charge >= 0.3 is 0 Å². The van der Waals surface area contributed by atoms with Gasteiger partial charge in [0.15, 0.2) is 0 Å². The van der Waals surface area contributed by atoms with Crippen LogP contribution in [0.4, 0.5) is 5.69 Å². The lowest BCUT2D eigenvalue weighted by atomic mass is 10.3. The summed E-state index contributed by atoms with van der Waals surface area (Å²) < 4.78 is 0. The molecule has 0 aromatic heterocycles. The molecule has 1 aliphatic heterocycles. The maximum Gasteiger partial charge on any atom is 0.243 e. The lowest BCUT2D eigenvalue weighted by molar-refractivity contribution is -0.125. The van der Waals surface area contributed by atoms with Crippen LogP contribution in [0.25, 0.3) is 0 Å². The van der Waals surface area contributed by atoms with Gasteiger partial charge in [0.05, 0.1) is 12.6 Å². The highest BCUT2D eigenvalue weighted by Crippen LogP contribution is 2.09. The van der Waals surface area contributed by atoms with Gasteiger partial charge in [-0.25, -0.2) is 0 Å². The Morgan fingerprint density at radius 3 is 2.68 bits per heavy atom. The summed E-state index contributed by atoms with van der Waals surface area (Å²) in [6.07, 6.45) is 0. The van der Waals surface area contributed by atoms with Crippen LogP contribution in [0.1, 0.15) is 0 Å². The minimum Gasteiger partial charge on any atom is -0.346 e. The molecule has 5 nitrogen and oxygen atoms in total. The van der Waals surface area contributed by atoms with Crippen molar-refractivity contribution in [1.82, 2.24) is 10.6 Å². The third kappa shape index (κ3) is 5.10.